The first-order valence-electron chi connectivity index (χ1n) is 11.6. The van der Waals surface area contributed by atoms with Gasteiger partial charge in [0.1, 0.15) is 5.69 Å². The molecule has 1 atom stereocenters. The van der Waals surface area contributed by atoms with Gasteiger partial charge in [0.05, 0.1) is 10.6 Å². The number of para-hydroxylation sites is 2. The molecule has 4 rings (SSSR count). The van der Waals surface area contributed by atoms with Crippen LogP contribution in [0.1, 0.15) is 39.7 Å². The molecule has 1 heterocycles. The molecule has 0 aliphatic carbocycles. The van der Waals surface area contributed by atoms with E-state index in [1.54, 1.807) is 18.2 Å². The highest BCUT2D eigenvalue weighted by Crippen LogP contribution is 2.30. The van der Waals surface area contributed by atoms with Crippen LogP contribution in [0.15, 0.2) is 89.2 Å². The number of aromatic nitrogens is 1. The zero-order chi connectivity index (χ0) is 24.1. The second kappa shape index (κ2) is 10.6. The Morgan fingerprint density at radius 2 is 1.47 bits per heavy atom. The molecular weight excluding hydrogens is 442 g/mol. The highest BCUT2D eigenvalue weighted by molar-refractivity contribution is 7.07. The Labute approximate surface area is 204 Å². The molecule has 4 aromatic rings. The molecule has 0 saturated heterocycles. The molecule has 34 heavy (non-hydrogen) atoms. The lowest BCUT2D eigenvalue weighted by molar-refractivity contribution is -0.384. The quantitative estimate of drug-likeness (QED) is 0.193. The zero-order valence-electron chi connectivity index (χ0n) is 19.7. The molecule has 0 fully saturated rings. The van der Waals surface area contributed by atoms with E-state index in [9.17, 15) is 10.1 Å². The van der Waals surface area contributed by atoms with Gasteiger partial charge >= 0.3 is 0 Å². The summed E-state index contributed by atoms with van der Waals surface area (Å²) < 4.78 is 2.24. The average Bonchev–Trinajstić information content (AvgIpc) is 3.27. The predicted molar refractivity (Wildman–Crippen MR) is 140 cm³/mol. The highest BCUT2D eigenvalue weighted by Gasteiger charge is 2.17. The molecule has 174 valence electrons. The van der Waals surface area contributed by atoms with Crippen molar-refractivity contribution in [1.29, 1.82) is 0 Å². The maximum Gasteiger partial charge on any atom is 0.294 e. The van der Waals surface area contributed by atoms with Crippen molar-refractivity contribution < 1.29 is 4.92 Å². The van der Waals surface area contributed by atoms with Gasteiger partial charge in [-0.15, -0.1) is 11.3 Å². The lowest BCUT2D eigenvalue weighted by Crippen LogP contribution is -2.20. The van der Waals surface area contributed by atoms with E-state index in [2.05, 4.69) is 67.1 Å². The van der Waals surface area contributed by atoms with Crippen LogP contribution in [0.2, 0.25) is 0 Å². The third kappa shape index (κ3) is 5.34. The second-order valence-corrected chi connectivity index (χ2v) is 9.73. The van der Waals surface area contributed by atoms with E-state index in [1.807, 2.05) is 18.2 Å². The molecular formula is C28H29N3O2S. The summed E-state index contributed by atoms with van der Waals surface area (Å²) in [5.41, 5.74) is 4.94. The minimum absolute atomic E-state index is 0.0195. The summed E-state index contributed by atoms with van der Waals surface area (Å²) in [5, 5.41) is 13.6. The van der Waals surface area contributed by atoms with Crippen LogP contribution in [0.25, 0.3) is 22.4 Å². The standard InChI is InChI=1S/C28H29N3O2S/c1-20(2)13-14-21(3)30-27(24-17-15-23(16-18-24)22-9-5-4-6-10-22)19-34-28(30)29-25-11-7-8-12-26(25)31(32)33/h4-12,15-21H,13-14H2,1-3H3. The van der Waals surface area contributed by atoms with Gasteiger partial charge in [-0.3, -0.25) is 10.1 Å². The van der Waals surface area contributed by atoms with Crippen molar-refractivity contribution in [2.45, 2.75) is 39.7 Å². The van der Waals surface area contributed by atoms with Crippen molar-refractivity contribution in [3.05, 3.63) is 99.2 Å². The summed E-state index contributed by atoms with van der Waals surface area (Å²) in [5.74, 6) is 0.603. The lowest BCUT2D eigenvalue weighted by atomic mass is 10.0. The van der Waals surface area contributed by atoms with Gasteiger partial charge in [-0.05, 0) is 48.4 Å². The van der Waals surface area contributed by atoms with E-state index < -0.39 is 0 Å². The first-order valence-corrected chi connectivity index (χ1v) is 12.5. The molecule has 0 amide bonds. The van der Waals surface area contributed by atoms with E-state index >= 15 is 0 Å². The Kier molecular flexibility index (Phi) is 7.38. The van der Waals surface area contributed by atoms with Crippen molar-refractivity contribution in [3.63, 3.8) is 0 Å². The number of thiazole rings is 1. The molecule has 3 aromatic carbocycles. The lowest BCUT2D eigenvalue weighted by Gasteiger charge is -2.18. The topological polar surface area (TPSA) is 60.4 Å². The minimum atomic E-state index is -0.373. The summed E-state index contributed by atoms with van der Waals surface area (Å²) in [6.45, 7) is 6.66. The molecule has 5 nitrogen and oxygen atoms in total. The van der Waals surface area contributed by atoms with Gasteiger partial charge in [-0.1, -0.05) is 80.6 Å². The number of hydrogen-bond donors (Lipinski definition) is 0. The van der Waals surface area contributed by atoms with Crippen molar-refractivity contribution in [2.75, 3.05) is 0 Å². The molecule has 1 unspecified atom stereocenters. The van der Waals surface area contributed by atoms with Gasteiger partial charge in [-0.25, -0.2) is 4.99 Å². The molecule has 0 bridgehead atoms. The van der Waals surface area contributed by atoms with Gasteiger partial charge < -0.3 is 4.57 Å². The van der Waals surface area contributed by atoms with Crippen molar-refractivity contribution >= 4 is 22.7 Å². The maximum atomic E-state index is 11.5. The van der Waals surface area contributed by atoms with Gasteiger partial charge in [0.2, 0.25) is 0 Å². The first-order chi connectivity index (χ1) is 16.4. The smallest absolute Gasteiger partial charge is 0.294 e. The summed E-state index contributed by atoms with van der Waals surface area (Å²) in [6, 6.07) is 25.8. The first kappa shape index (κ1) is 23.6. The third-order valence-electron chi connectivity index (χ3n) is 5.93. The minimum Gasteiger partial charge on any atom is -0.314 e. The van der Waals surface area contributed by atoms with E-state index in [0.717, 1.165) is 28.9 Å². The van der Waals surface area contributed by atoms with Crippen LogP contribution < -0.4 is 4.80 Å². The second-order valence-electron chi connectivity index (χ2n) is 8.89. The van der Waals surface area contributed by atoms with Crippen LogP contribution in [0.4, 0.5) is 11.4 Å². The molecule has 0 radical (unpaired) electrons. The number of nitro benzene ring substituents is 1. The van der Waals surface area contributed by atoms with E-state index in [0.29, 0.717) is 11.6 Å². The Bertz CT molecular complexity index is 1320. The van der Waals surface area contributed by atoms with Gasteiger partial charge in [-0.2, -0.15) is 0 Å². The fourth-order valence-electron chi connectivity index (χ4n) is 4.02. The number of nitrogens with zero attached hydrogens (tertiary/aromatic N) is 3. The SMILES string of the molecule is CC(C)CCC(C)n1c(-c2ccc(-c3ccccc3)cc2)csc1=Nc1ccccc1[N+](=O)[O-]. The monoisotopic (exact) mass is 471 g/mol. The summed E-state index contributed by atoms with van der Waals surface area (Å²) in [7, 11) is 0. The van der Waals surface area contributed by atoms with Gasteiger partial charge in [0, 0.05) is 17.5 Å². The number of rotatable bonds is 8. The van der Waals surface area contributed by atoms with Crippen LogP contribution in [-0.2, 0) is 0 Å². The van der Waals surface area contributed by atoms with Crippen molar-refractivity contribution in [2.24, 2.45) is 10.9 Å². The van der Waals surface area contributed by atoms with Gasteiger partial charge in [0.25, 0.3) is 5.69 Å². The number of hydrogen-bond acceptors (Lipinski definition) is 4. The van der Waals surface area contributed by atoms with Crippen LogP contribution in [0, 0.1) is 16.0 Å². The molecule has 0 N–H and O–H groups in total. The molecule has 0 aliphatic heterocycles. The van der Waals surface area contributed by atoms with Crippen LogP contribution in [0.5, 0.6) is 0 Å². The predicted octanol–water partition coefficient (Wildman–Crippen LogP) is 8.02. The van der Waals surface area contributed by atoms with Crippen molar-refractivity contribution in [1.82, 2.24) is 4.57 Å². The van der Waals surface area contributed by atoms with E-state index in [1.165, 1.54) is 28.5 Å². The third-order valence-corrected chi connectivity index (χ3v) is 6.77. The fraction of sp³-hybridized carbons (Fsp3) is 0.250. The summed E-state index contributed by atoms with van der Waals surface area (Å²) in [6.07, 6.45) is 2.11. The number of nitro groups is 1. The Balaban J connectivity index is 1.79. The summed E-state index contributed by atoms with van der Waals surface area (Å²) >= 11 is 1.52. The largest absolute Gasteiger partial charge is 0.314 e. The number of benzene rings is 3. The Hall–Kier alpha value is -3.51. The van der Waals surface area contributed by atoms with Crippen LogP contribution in [-0.4, -0.2) is 9.49 Å². The van der Waals surface area contributed by atoms with Crippen LogP contribution in [0.3, 0.4) is 0 Å². The zero-order valence-corrected chi connectivity index (χ0v) is 20.5. The normalized spacial score (nSPS) is 12.8. The van der Waals surface area contributed by atoms with Crippen molar-refractivity contribution in [3.8, 4) is 22.4 Å². The molecule has 0 saturated carbocycles. The average molecular weight is 472 g/mol. The Morgan fingerprint density at radius 1 is 0.853 bits per heavy atom. The molecule has 1 aromatic heterocycles. The van der Waals surface area contributed by atoms with E-state index in [4.69, 9.17) is 4.99 Å². The highest BCUT2D eigenvalue weighted by atomic mass is 32.1. The van der Waals surface area contributed by atoms with Crippen LogP contribution >= 0.6 is 11.3 Å². The maximum absolute atomic E-state index is 11.5. The fourth-order valence-corrected chi connectivity index (χ4v) is 5.03. The van der Waals surface area contributed by atoms with E-state index in [-0.39, 0.29) is 16.7 Å². The van der Waals surface area contributed by atoms with Gasteiger partial charge in [0.15, 0.2) is 4.80 Å². The summed E-state index contributed by atoms with van der Waals surface area (Å²) in [4.78, 5) is 16.7. The Morgan fingerprint density at radius 3 is 2.15 bits per heavy atom. The molecule has 0 spiro atoms. The molecule has 0 aliphatic rings. The molecule has 6 heteroatoms.